The fraction of sp³-hybridized carbons (Fsp3) is 0.263. The van der Waals surface area contributed by atoms with Crippen molar-refractivity contribution in [1.29, 1.82) is 0 Å². The van der Waals surface area contributed by atoms with E-state index in [1.807, 2.05) is 24.3 Å². The van der Waals surface area contributed by atoms with Gasteiger partial charge in [0.25, 0.3) is 0 Å². The summed E-state index contributed by atoms with van der Waals surface area (Å²) in [6.07, 6.45) is 0. The molecule has 2 aromatic carbocycles. The zero-order valence-electron chi connectivity index (χ0n) is 15.2. The van der Waals surface area contributed by atoms with Crippen molar-refractivity contribution < 1.29 is 14.3 Å². The minimum Gasteiger partial charge on any atom is -0.493 e. The largest absolute Gasteiger partial charge is 0.493 e. The van der Waals surface area contributed by atoms with E-state index in [4.69, 9.17) is 15.2 Å². The van der Waals surface area contributed by atoms with Crippen molar-refractivity contribution in [3.05, 3.63) is 59.2 Å². The molecule has 0 aliphatic carbocycles. The monoisotopic (exact) mass is 356 g/mol. The second-order valence-corrected chi connectivity index (χ2v) is 5.53. The van der Waals surface area contributed by atoms with Crippen LogP contribution in [0.25, 0.3) is 0 Å². The van der Waals surface area contributed by atoms with Crippen LogP contribution in [0.4, 0.5) is 0 Å². The van der Waals surface area contributed by atoms with E-state index < -0.39 is 5.91 Å². The zero-order valence-corrected chi connectivity index (χ0v) is 15.2. The van der Waals surface area contributed by atoms with Gasteiger partial charge in [-0.15, -0.1) is 0 Å². The van der Waals surface area contributed by atoms with Crippen LogP contribution in [0.15, 0.2) is 47.5 Å². The number of amides is 1. The third kappa shape index (κ3) is 5.14. The van der Waals surface area contributed by atoms with Gasteiger partial charge in [-0.25, -0.2) is 0 Å². The Morgan fingerprint density at radius 2 is 1.65 bits per heavy atom. The Morgan fingerprint density at radius 3 is 2.23 bits per heavy atom. The van der Waals surface area contributed by atoms with Gasteiger partial charge in [-0.3, -0.25) is 9.79 Å². The summed E-state index contributed by atoms with van der Waals surface area (Å²) in [5.74, 6) is 1.57. The molecule has 138 valence electrons. The second kappa shape index (κ2) is 9.31. The maximum Gasteiger partial charge on any atom is 0.248 e. The Labute approximate surface area is 153 Å². The summed E-state index contributed by atoms with van der Waals surface area (Å²) in [7, 11) is 4.91. The molecule has 0 atom stereocenters. The molecule has 0 heterocycles. The molecule has 4 N–H and O–H groups in total. The molecule has 0 aliphatic rings. The summed E-state index contributed by atoms with van der Waals surface area (Å²) in [6.45, 7) is 1.09. The van der Waals surface area contributed by atoms with E-state index in [1.54, 1.807) is 39.5 Å². The first-order valence-corrected chi connectivity index (χ1v) is 8.11. The van der Waals surface area contributed by atoms with Crippen LogP contribution in [0.2, 0.25) is 0 Å². The minimum atomic E-state index is -0.442. The highest BCUT2D eigenvalue weighted by Crippen LogP contribution is 2.27. The summed E-state index contributed by atoms with van der Waals surface area (Å²) in [6, 6.07) is 12.9. The van der Waals surface area contributed by atoms with E-state index in [1.165, 1.54) is 0 Å². The highest BCUT2D eigenvalue weighted by molar-refractivity contribution is 5.92. The fourth-order valence-electron chi connectivity index (χ4n) is 2.42. The average molecular weight is 356 g/mol. The van der Waals surface area contributed by atoms with Crippen molar-refractivity contribution in [2.75, 3.05) is 21.3 Å². The van der Waals surface area contributed by atoms with E-state index in [0.717, 1.165) is 11.1 Å². The van der Waals surface area contributed by atoms with Crippen molar-refractivity contribution in [3.63, 3.8) is 0 Å². The normalized spacial score (nSPS) is 11.0. The summed E-state index contributed by atoms with van der Waals surface area (Å²) in [5, 5.41) is 6.44. The smallest absolute Gasteiger partial charge is 0.248 e. The molecule has 0 aromatic heterocycles. The van der Waals surface area contributed by atoms with Crippen LogP contribution in [0.5, 0.6) is 11.5 Å². The topological polar surface area (TPSA) is 98.0 Å². The van der Waals surface area contributed by atoms with Crippen molar-refractivity contribution >= 4 is 11.9 Å². The molecular weight excluding hydrogens is 332 g/mol. The molecule has 0 aliphatic heterocycles. The number of hydrogen-bond donors (Lipinski definition) is 3. The van der Waals surface area contributed by atoms with E-state index in [9.17, 15) is 4.79 Å². The van der Waals surface area contributed by atoms with Crippen LogP contribution >= 0.6 is 0 Å². The molecule has 0 radical (unpaired) electrons. The van der Waals surface area contributed by atoms with Crippen LogP contribution in [-0.4, -0.2) is 33.1 Å². The second-order valence-electron chi connectivity index (χ2n) is 5.53. The lowest BCUT2D eigenvalue weighted by molar-refractivity contribution is 0.1000. The molecule has 0 fully saturated rings. The van der Waals surface area contributed by atoms with Crippen molar-refractivity contribution in [1.82, 2.24) is 10.6 Å². The number of guanidine groups is 1. The molecule has 7 heteroatoms. The number of carbonyl (C=O) groups excluding carboxylic acids is 1. The summed E-state index contributed by atoms with van der Waals surface area (Å²) in [5.41, 5.74) is 7.76. The van der Waals surface area contributed by atoms with Gasteiger partial charge in [0.1, 0.15) is 0 Å². The summed E-state index contributed by atoms with van der Waals surface area (Å²) >= 11 is 0. The molecule has 2 aromatic rings. The van der Waals surface area contributed by atoms with Crippen LogP contribution in [-0.2, 0) is 13.1 Å². The number of ether oxygens (including phenoxy) is 2. The zero-order chi connectivity index (χ0) is 18.9. The molecule has 0 spiro atoms. The molecule has 26 heavy (non-hydrogen) atoms. The van der Waals surface area contributed by atoms with E-state index in [2.05, 4.69) is 15.6 Å². The molecule has 7 nitrogen and oxygen atoms in total. The van der Waals surface area contributed by atoms with Gasteiger partial charge in [0.2, 0.25) is 5.91 Å². The molecule has 2 rings (SSSR count). The van der Waals surface area contributed by atoms with Gasteiger partial charge in [-0.2, -0.15) is 0 Å². The molecule has 0 saturated carbocycles. The maximum atomic E-state index is 11.3. The number of primary amides is 1. The number of nitrogens with zero attached hydrogens (tertiary/aromatic N) is 1. The lowest BCUT2D eigenvalue weighted by Gasteiger charge is -2.14. The van der Waals surface area contributed by atoms with E-state index >= 15 is 0 Å². The average Bonchev–Trinajstić information content (AvgIpc) is 2.68. The Balaban J connectivity index is 1.94. The lowest BCUT2D eigenvalue weighted by Crippen LogP contribution is -2.36. The number of carbonyl (C=O) groups is 1. The number of nitrogens with two attached hydrogens (primary N) is 1. The van der Waals surface area contributed by atoms with Gasteiger partial charge in [-0.05, 0) is 35.4 Å². The SMILES string of the molecule is CN=C(NCc1cccc(C(N)=O)c1)NCc1ccc(OC)c(OC)c1. The molecule has 1 amide bonds. The Morgan fingerprint density at radius 1 is 1.00 bits per heavy atom. The number of nitrogens with one attached hydrogen (secondary N) is 2. The Kier molecular flexibility index (Phi) is 6.84. The van der Waals surface area contributed by atoms with Crippen molar-refractivity contribution in [2.45, 2.75) is 13.1 Å². The number of benzene rings is 2. The summed E-state index contributed by atoms with van der Waals surface area (Å²) < 4.78 is 10.5. The third-order valence-electron chi connectivity index (χ3n) is 3.80. The first-order chi connectivity index (χ1) is 12.6. The molecule has 0 saturated heterocycles. The fourth-order valence-corrected chi connectivity index (χ4v) is 2.42. The van der Waals surface area contributed by atoms with Gasteiger partial charge >= 0.3 is 0 Å². The first-order valence-electron chi connectivity index (χ1n) is 8.11. The quantitative estimate of drug-likeness (QED) is 0.518. The molecule has 0 unspecified atom stereocenters. The standard InChI is InChI=1S/C19H24N4O3/c1-21-19(22-11-13-5-4-6-15(9-13)18(20)24)23-12-14-7-8-16(25-2)17(10-14)26-3/h4-10H,11-12H2,1-3H3,(H2,20,24)(H2,21,22,23). The number of rotatable bonds is 7. The third-order valence-corrected chi connectivity index (χ3v) is 3.80. The van der Waals surface area contributed by atoms with E-state index in [0.29, 0.717) is 36.1 Å². The van der Waals surface area contributed by atoms with Crippen molar-refractivity contribution in [2.24, 2.45) is 10.7 Å². The number of aliphatic imine (C=N–C) groups is 1. The predicted molar refractivity (Wildman–Crippen MR) is 102 cm³/mol. The van der Waals surface area contributed by atoms with Gasteiger partial charge in [0, 0.05) is 25.7 Å². The minimum absolute atomic E-state index is 0.442. The molecular formula is C19H24N4O3. The van der Waals surface area contributed by atoms with Crippen LogP contribution in [0.3, 0.4) is 0 Å². The van der Waals surface area contributed by atoms with Crippen LogP contribution in [0, 0.1) is 0 Å². The number of hydrogen-bond acceptors (Lipinski definition) is 4. The Hall–Kier alpha value is -3.22. The predicted octanol–water partition coefficient (Wildman–Crippen LogP) is 1.67. The van der Waals surface area contributed by atoms with Crippen LogP contribution < -0.4 is 25.8 Å². The highest BCUT2D eigenvalue weighted by atomic mass is 16.5. The Bertz CT molecular complexity index is 790. The first kappa shape index (κ1) is 19.1. The van der Waals surface area contributed by atoms with Gasteiger partial charge < -0.3 is 25.8 Å². The van der Waals surface area contributed by atoms with Gasteiger partial charge in [0.15, 0.2) is 17.5 Å². The molecule has 0 bridgehead atoms. The number of methoxy groups -OCH3 is 2. The van der Waals surface area contributed by atoms with Crippen molar-refractivity contribution in [3.8, 4) is 11.5 Å². The van der Waals surface area contributed by atoms with Gasteiger partial charge in [0.05, 0.1) is 14.2 Å². The maximum absolute atomic E-state index is 11.3. The van der Waals surface area contributed by atoms with E-state index in [-0.39, 0.29) is 0 Å². The summed E-state index contributed by atoms with van der Waals surface area (Å²) in [4.78, 5) is 15.5. The van der Waals surface area contributed by atoms with Crippen LogP contribution in [0.1, 0.15) is 21.5 Å². The van der Waals surface area contributed by atoms with Gasteiger partial charge in [-0.1, -0.05) is 18.2 Å². The highest BCUT2D eigenvalue weighted by Gasteiger charge is 2.06. The lowest BCUT2D eigenvalue weighted by atomic mass is 10.1.